The smallest absolute Gasteiger partial charge is 0.408 e. The minimum atomic E-state index is -1.07. The first-order chi connectivity index (χ1) is 17.2. The van der Waals surface area contributed by atoms with Crippen molar-refractivity contribution in [2.24, 2.45) is 5.73 Å². The zero-order valence-electron chi connectivity index (χ0n) is 23.3. The maximum atomic E-state index is 14.1. The van der Waals surface area contributed by atoms with E-state index in [2.05, 4.69) is 17.6 Å². The van der Waals surface area contributed by atoms with Crippen LogP contribution in [-0.2, 0) is 19.1 Å². The topological polar surface area (TPSA) is 131 Å². The highest BCUT2D eigenvalue weighted by molar-refractivity contribution is 5.93. The van der Waals surface area contributed by atoms with Crippen molar-refractivity contribution >= 4 is 23.8 Å². The zero-order chi connectivity index (χ0) is 27.9. The third kappa shape index (κ3) is 9.05. The van der Waals surface area contributed by atoms with E-state index in [-0.39, 0.29) is 30.8 Å². The van der Waals surface area contributed by atoms with Gasteiger partial charge < -0.3 is 26.0 Å². The van der Waals surface area contributed by atoms with Crippen LogP contribution in [0.1, 0.15) is 95.9 Å². The Hall–Kier alpha value is -3.10. The number of amides is 4. The SMILES string of the molecule is CCCC(C)NC(=O)C(c1cccc(C)c1C)N(C(=O)C(CCC(N)=O)NC(=O)OC(C)(C)C)C1CC1. The number of benzene rings is 1. The second-order valence-electron chi connectivity index (χ2n) is 11.1. The molecule has 0 spiro atoms. The number of nitrogens with one attached hydrogen (secondary N) is 2. The van der Waals surface area contributed by atoms with E-state index in [4.69, 9.17) is 10.5 Å². The first-order valence-electron chi connectivity index (χ1n) is 13.2. The summed E-state index contributed by atoms with van der Waals surface area (Å²) in [5.41, 5.74) is 7.28. The van der Waals surface area contributed by atoms with E-state index < -0.39 is 35.6 Å². The van der Waals surface area contributed by atoms with Gasteiger partial charge in [0.1, 0.15) is 17.7 Å². The van der Waals surface area contributed by atoms with Crippen molar-refractivity contribution in [2.75, 3.05) is 0 Å². The molecule has 1 aliphatic carbocycles. The highest BCUT2D eigenvalue weighted by Crippen LogP contribution is 2.37. The van der Waals surface area contributed by atoms with Crippen molar-refractivity contribution < 1.29 is 23.9 Å². The number of aryl methyl sites for hydroxylation is 1. The van der Waals surface area contributed by atoms with Gasteiger partial charge in [0.25, 0.3) is 0 Å². The van der Waals surface area contributed by atoms with E-state index in [9.17, 15) is 19.2 Å². The van der Waals surface area contributed by atoms with Gasteiger partial charge in [-0.1, -0.05) is 31.5 Å². The molecule has 1 aliphatic rings. The third-order valence-electron chi connectivity index (χ3n) is 6.44. The normalized spacial score (nSPS) is 15.8. The van der Waals surface area contributed by atoms with Gasteiger partial charge in [-0.05, 0) is 83.9 Å². The first-order valence-corrected chi connectivity index (χ1v) is 13.2. The Morgan fingerprint density at radius 3 is 2.30 bits per heavy atom. The second-order valence-corrected chi connectivity index (χ2v) is 11.1. The molecule has 1 aromatic rings. The van der Waals surface area contributed by atoms with Crippen molar-refractivity contribution in [3.8, 4) is 0 Å². The van der Waals surface area contributed by atoms with Gasteiger partial charge in [-0.15, -0.1) is 0 Å². The number of carbonyl (C=O) groups is 4. The Labute approximate surface area is 220 Å². The van der Waals surface area contributed by atoms with E-state index in [1.54, 1.807) is 25.7 Å². The van der Waals surface area contributed by atoms with E-state index >= 15 is 0 Å². The van der Waals surface area contributed by atoms with Crippen LogP contribution in [0.25, 0.3) is 0 Å². The number of primary amides is 1. The Bertz CT molecular complexity index is 983. The van der Waals surface area contributed by atoms with Gasteiger partial charge in [-0.25, -0.2) is 4.79 Å². The highest BCUT2D eigenvalue weighted by atomic mass is 16.6. The number of ether oxygens (including phenoxy) is 1. The van der Waals surface area contributed by atoms with Crippen LogP contribution in [0.2, 0.25) is 0 Å². The van der Waals surface area contributed by atoms with Crippen LogP contribution in [0.3, 0.4) is 0 Å². The lowest BCUT2D eigenvalue weighted by molar-refractivity contribution is -0.143. The molecule has 37 heavy (non-hydrogen) atoms. The van der Waals surface area contributed by atoms with Crippen LogP contribution in [0, 0.1) is 13.8 Å². The lowest BCUT2D eigenvalue weighted by Gasteiger charge is -2.36. The summed E-state index contributed by atoms with van der Waals surface area (Å²) in [6.45, 7) is 13.1. The molecule has 4 N–H and O–H groups in total. The lowest BCUT2D eigenvalue weighted by atomic mass is 9.94. The number of nitrogens with zero attached hydrogens (tertiary/aromatic N) is 1. The molecule has 0 saturated heterocycles. The molecule has 4 amide bonds. The molecule has 0 aromatic heterocycles. The highest BCUT2D eigenvalue weighted by Gasteiger charge is 2.44. The summed E-state index contributed by atoms with van der Waals surface area (Å²) < 4.78 is 5.37. The van der Waals surface area contributed by atoms with Gasteiger partial charge in [0.05, 0.1) is 0 Å². The first kappa shape index (κ1) is 30.1. The molecule has 3 unspecified atom stereocenters. The molecule has 1 saturated carbocycles. The van der Waals surface area contributed by atoms with Gasteiger partial charge in [-0.2, -0.15) is 0 Å². The molecule has 0 radical (unpaired) electrons. The summed E-state index contributed by atoms with van der Waals surface area (Å²) in [6.07, 6.45) is 2.36. The van der Waals surface area contributed by atoms with Crippen molar-refractivity contribution in [1.29, 1.82) is 0 Å². The fourth-order valence-corrected chi connectivity index (χ4v) is 4.36. The van der Waals surface area contributed by atoms with E-state index in [1.165, 1.54) is 0 Å². The molecule has 9 nitrogen and oxygen atoms in total. The number of hydrogen-bond acceptors (Lipinski definition) is 5. The van der Waals surface area contributed by atoms with Crippen molar-refractivity contribution in [2.45, 2.75) is 117 Å². The molecule has 0 aliphatic heterocycles. The molecule has 1 fully saturated rings. The van der Waals surface area contributed by atoms with Gasteiger partial charge >= 0.3 is 6.09 Å². The Kier molecular flexibility index (Phi) is 10.5. The fraction of sp³-hybridized carbons (Fsp3) is 0.643. The van der Waals surface area contributed by atoms with Gasteiger partial charge in [-0.3, -0.25) is 14.4 Å². The largest absolute Gasteiger partial charge is 0.444 e. The van der Waals surface area contributed by atoms with Crippen molar-refractivity contribution in [1.82, 2.24) is 15.5 Å². The third-order valence-corrected chi connectivity index (χ3v) is 6.44. The lowest BCUT2D eigenvalue weighted by Crippen LogP contribution is -2.54. The molecule has 0 bridgehead atoms. The molecule has 3 atom stereocenters. The van der Waals surface area contributed by atoms with Crippen LogP contribution < -0.4 is 16.4 Å². The van der Waals surface area contributed by atoms with E-state index in [0.29, 0.717) is 0 Å². The Morgan fingerprint density at radius 2 is 1.76 bits per heavy atom. The van der Waals surface area contributed by atoms with Crippen LogP contribution in [0.4, 0.5) is 4.79 Å². The second kappa shape index (κ2) is 12.9. The fourth-order valence-electron chi connectivity index (χ4n) is 4.36. The number of nitrogens with two attached hydrogens (primary N) is 1. The van der Waals surface area contributed by atoms with Gasteiger partial charge in [0.15, 0.2) is 0 Å². The zero-order valence-corrected chi connectivity index (χ0v) is 23.3. The predicted octanol–water partition coefficient (Wildman–Crippen LogP) is 3.80. The van der Waals surface area contributed by atoms with Crippen LogP contribution in [0.5, 0.6) is 0 Å². The van der Waals surface area contributed by atoms with Gasteiger partial charge in [0.2, 0.25) is 17.7 Å². The average molecular weight is 517 g/mol. The molecule has 2 rings (SSSR count). The maximum absolute atomic E-state index is 14.1. The molecular formula is C28H44N4O5. The summed E-state index contributed by atoms with van der Waals surface area (Å²) in [7, 11) is 0. The van der Waals surface area contributed by atoms with Crippen LogP contribution in [0.15, 0.2) is 18.2 Å². The predicted molar refractivity (Wildman–Crippen MR) is 143 cm³/mol. The molecule has 206 valence electrons. The molecule has 9 heteroatoms. The Balaban J connectivity index is 2.50. The van der Waals surface area contributed by atoms with Crippen molar-refractivity contribution in [3.63, 3.8) is 0 Å². The number of hydrogen-bond donors (Lipinski definition) is 3. The van der Waals surface area contributed by atoms with Crippen molar-refractivity contribution in [3.05, 3.63) is 34.9 Å². The minimum absolute atomic E-state index is 0.00397. The summed E-state index contributed by atoms with van der Waals surface area (Å²) >= 11 is 0. The summed E-state index contributed by atoms with van der Waals surface area (Å²) in [6, 6.07) is 3.56. The monoisotopic (exact) mass is 516 g/mol. The average Bonchev–Trinajstić information content (AvgIpc) is 3.60. The minimum Gasteiger partial charge on any atom is -0.444 e. The van der Waals surface area contributed by atoms with E-state index in [1.807, 2.05) is 39.0 Å². The Morgan fingerprint density at radius 1 is 1.11 bits per heavy atom. The summed E-state index contributed by atoms with van der Waals surface area (Å²) in [5.74, 6) is -1.28. The molecule has 1 aromatic carbocycles. The van der Waals surface area contributed by atoms with E-state index in [0.717, 1.165) is 42.4 Å². The standard InChI is InChI=1S/C28H44N4O5/c1-8-10-18(3)30-25(34)24(21-12-9-11-17(2)19(21)4)32(20-13-14-20)26(35)22(15-16-23(29)33)31-27(36)37-28(5,6)7/h9,11-12,18,20,22,24H,8,10,13-16H2,1-7H3,(H2,29,33)(H,30,34)(H,31,36). The quantitative estimate of drug-likeness (QED) is 0.389. The van der Waals surface area contributed by atoms with Crippen LogP contribution in [-0.4, -0.2) is 52.4 Å². The summed E-state index contributed by atoms with van der Waals surface area (Å²) in [5, 5.41) is 5.72. The number of alkyl carbamates (subject to hydrolysis) is 1. The number of carbonyl (C=O) groups excluding carboxylic acids is 4. The molecular weight excluding hydrogens is 472 g/mol. The molecule has 0 heterocycles. The van der Waals surface area contributed by atoms with Gasteiger partial charge in [0, 0.05) is 18.5 Å². The van der Waals surface area contributed by atoms with Crippen LogP contribution >= 0.6 is 0 Å². The number of rotatable bonds is 12. The summed E-state index contributed by atoms with van der Waals surface area (Å²) in [4.78, 5) is 53.7. The maximum Gasteiger partial charge on any atom is 0.408 e.